The number of sulfonamides is 1. The number of ether oxygens (including phenoxy) is 1. The van der Waals surface area contributed by atoms with Crippen LogP contribution >= 0.6 is 0 Å². The lowest BCUT2D eigenvalue weighted by molar-refractivity contribution is 0.413. The molecule has 2 heterocycles. The number of methoxy groups -OCH3 is 1. The van der Waals surface area contributed by atoms with Crippen LogP contribution in [0.1, 0.15) is 5.69 Å². The minimum Gasteiger partial charge on any atom is -0.497 e. The van der Waals surface area contributed by atoms with Gasteiger partial charge < -0.3 is 4.74 Å². The van der Waals surface area contributed by atoms with Crippen LogP contribution in [0.5, 0.6) is 5.75 Å². The number of benzene rings is 1. The largest absolute Gasteiger partial charge is 0.497 e. The molecule has 0 fully saturated rings. The number of halogens is 1. The molecular formula is C18H16FN3O3S. The van der Waals surface area contributed by atoms with Gasteiger partial charge in [0.25, 0.3) is 0 Å². The quantitative estimate of drug-likeness (QED) is 0.719. The Balaban J connectivity index is 1.84. The summed E-state index contributed by atoms with van der Waals surface area (Å²) in [6, 6.07) is 13.4. The maximum Gasteiger partial charge on any atom is 0.240 e. The fraction of sp³-hybridized carbons (Fsp3) is 0.111. The molecule has 2 aromatic heterocycles. The van der Waals surface area contributed by atoms with Crippen molar-refractivity contribution in [3.63, 3.8) is 0 Å². The summed E-state index contributed by atoms with van der Waals surface area (Å²) in [7, 11) is -2.27. The van der Waals surface area contributed by atoms with Crippen LogP contribution in [0.4, 0.5) is 4.39 Å². The van der Waals surface area contributed by atoms with Gasteiger partial charge in [-0.15, -0.1) is 0 Å². The Morgan fingerprint density at radius 1 is 1.08 bits per heavy atom. The third-order valence-electron chi connectivity index (χ3n) is 3.58. The minimum absolute atomic E-state index is 0.0215. The Kier molecular flexibility index (Phi) is 5.24. The van der Waals surface area contributed by atoms with Gasteiger partial charge in [0.2, 0.25) is 10.0 Å². The van der Waals surface area contributed by atoms with E-state index in [9.17, 15) is 12.8 Å². The second-order valence-electron chi connectivity index (χ2n) is 5.38. The summed E-state index contributed by atoms with van der Waals surface area (Å²) in [5.41, 5.74) is 1.69. The number of nitrogens with one attached hydrogen (secondary N) is 1. The molecular weight excluding hydrogens is 357 g/mol. The van der Waals surface area contributed by atoms with E-state index in [0.29, 0.717) is 22.8 Å². The monoisotopic (exact) mass is 373 g/mol. The third-order valence-corrected chi connectivity index (χ3v) is 5.00. The molecule has 0 aliphatic carbocycles. The summed E-state index contributed by atoms with van der Waals surface area (Å²) in [6.45, 7) is -0.0449. The van der Waals surface area contributed by atoms with E-state index in [-0.39, 0.29) is 11.4 Å². The third kappa shape index (κ3) is 4.22. The highest BCUT2D eigenvalue weighted by Crippen LogP contribution is 2.21. The molecule has 0 bridgehead atoms. The van der Waals surface area contributed by atoms with Crippen molar-refractivity contribution in [2.24, 2.45) is 0 Å². The molecule has 0 unspecified atom stereocenters. The summed E-state index contributed by atoms with van der Waals surface area (Å²) < 4.78 is 45.3. The van der Waals surface area contributed by atoms with Crippen LogP contribution in [0.15, 0.2) is 65.7 Å². The maximum absolute atomic E-state index is 13.0. The molecule has 8 heteroatoms. The van der Waals surface area contributed by atoms with Gasteiger partial charge >= 0.3 is 0 Å². The maximum atomic E-state index is 13.0. The van der Waals surface area contributed by atoms with Gasteiger partial charge in [-0.2, -0.15) is 0 Å². The molecule has 134 valence electrons. The molecule has 0 saturated heterocycles. The summed E-state index contributed by atoms with van der Waals surface area (Å²) in [6.07, 6.45) is 1.65. The van der Waals surface area contributed by atoms with E-state index in [1.807, 2.05) is 6.07 Å². The first kappa shape index (κ1) is 18.0. The average Bonchev–Trinajstić information content (AvgIpc) is 2.67. The molecule has 26 heavy (non-hydrogen) atoms. The van der Waals surface area contributed by atoms with Crippen molar-refractivity contribution >= 4 is 10.0 Å². The van der Waals surface area contributed by atoms with E-state index >= 15 is 0 Å². The van der Waals surface area contributed by atoms with Gasteiger partial charge in [-0.1, -0.05) is 6.07 Å². The highest BCUT2D eigenvalue weighted by molar-refractivity contribution is 7.89. The van der Waals surface area contributed by atoms with Crippen molar-refractivity contribution in [2.75, 3.05) is 7.11 Å². The van der Waals surface area contributed by atoms with E-state index in [0.717, 1.165) is 12.1 Å². The number of pyridine rings is 2. The van der Waals surface area contributed by atoms with Gasteiger partial charge in [-0.25, -0.2) is 22.5 Å². The predicted octanol–water partition coefficient (Wildman–Crippen LogP) is 2.77. The Morgan fingerprint density at radius 2 is 1.85 bits per heavy atom. The molecule has 6 nitrogen and oxygen atoms in total. The number of aromatic nitrogens is 2. The minimum atomic E-state index is -3.79. The Bertz CT molecular complexity index is 994. The molecule has 0 atom stereocenters. The van der Waals surface area contributed by atoms with E-state index in [4.69, 9.17) is 4.74 Å². The zero-order valence-corrected chi connectivity index (χ0v) is 14.7. The fourth-order valence-corrected chi connectivity index (χ4v) is 3.28. The predicted molar refractivity (Wildman–Crippen MR) is 94.4 cm³/mol. The molecule has 1 aromatic carbocycles. The Morgan fingerprint density at radius 3 is 2.50 bits per heavy atom. The zero-order chi connectivity index (χ0) is 18.6. The fourth-order valence-electron chi connectivity index (χ4n) is 2.28. The lowest BCUT2D eigenvalue weighted by Gasteiger charge is -2.10. The van der Waals surface area contributed by atoms with Gasteiger partial charge in [0.15, 0.2) is 0 Å². The highest BCUT2D eigenvalue weighted by atomic mass is 32.2. The first-order valence-electron chi connectivity index (χ1n) is 7.69. The SMILES string of the molecule is COc1cc(CNS(=O)(=O)c2ccc(F)cc2)nc(-c2ccccn2)c1. The van der Waals surface area contributed by atoms with Crippen LogP contribution in [0.2, 0.25) is 0 Å². The van der Waals surface area contributed by atoms with Gasteiger partial charge in [-0.3, -0.25) is 4.98 Å². The zero-order valence-electron chi connectivity index (χ0n) is 13.9. The summed E-state index contributed by atoms with van der Waals surface area (Å²) in [5, 5.41) is 0. The highest BCUT2D eigenvalue weighted by Gasteiger charge is 2.15. The molecule has 0 amide bonds. The summed E-state index contributed by atoms with van der Waals surface area (Å²) in [4.78, 5) is 8.65. The number of hydrogen-bond donors (Lipinski definition) is 1. The molecule has 1 N–H and O–H groups in total. The number of nitrogens with zero attached hydrogens (tertiary/aromatic N) is 2. The molecule has 0 saturated carbocycles. The van der Waals surface area contributed by atoms with Gasteiger partial charge in [0.1, 0.15) is 11.6 Å². The van der Waals surface area contributed by atoms with Crippen molar-refractivity contribution in [3.8, 4) is 17.1 Å². The topological polar surface area (TPSA) is 81.2 Å². The van der Waals surface area contributed by atoms with E-state index in [1.165, 1.54) is 19.2 Å². The van der Waals surface area contributed by atoms with E-state index in [1.54, 1.807) is 30.5 Å². The van der Waals surface area contributed by atoms with Gasteiger partial charge in [0.05, 0.1) is 35.6 Å². The molecule has 0 aliphatic heterocycles. The molecule has 3 aromatic rings. The second-order valence-corrected chi connectivity index (χ2v) is 7.14. The summed E-state index contributed by atoms with van der Waals surface area (Å²) in [5.74, 6) is 0.0371. The van der Waals surface area contributed by atoms with Gasteiger partial charge in [-0.05, 0) is 36.4 Å². The molecule has 0 aliphatic rings. The first-order chi connectivity index (χ1) is 12.5. The smallest absolute Gasteiger partial charge is 0.240 e. The van der Waals surface area contributed by atoms with Gasteiger partial charge in [0, 0.05) is 18.3 Å². The van der Waals surface area contributed by atoms with Crippen molar-refractivity contribution in [1.29, 1.82) is 0 Å². The van der Waals surface area contributed by atoms with Crippen LogP contribution in [-0.2, 0) is 16.6 Å². The van der Waals surface area contributed by atoms with Crippen molar-refractivity contribution < 1.29 is 17.5 Å². The number of rotatable bonds is 6. The van der Waals surface area contributed by atoms with Crippen LogP contribution in [0.3, 0.4) is 0 Å². The average molecular weight is 373 g/mol. The molecule has 3 rings (SSSR count). The van der Waals surface area contributed by atoms with Crippen LogP contribution < -0.4 is 9.46 Å². The standard InChI is InChI=1S/C18H16FN3O3S/c1-25-15-10-14(22-18(11-15)17-4-2-3-9-20-17)12-21-26(23,24)16-7-5-13(19)6-8-16/h2-11,21H,12H2,1H3. The van der Waals surface area contributed by atoms with E-state index < -0.39 is 15.8 Å². The van der Waals surface area contributed by atoms with Crippen molar-refractivity contribution in [2.45, 2.75) is 11.4 Å². The van der Waals surface area contributed by atoms with Crippen molar-refractivity contribution in [1.82, 2.24) is 14.7 Å². The van der Waals surface area contributed by atoms with Crippen LogP contribution in [-0.4, -0.2) is 25.5 Å². The second kappa shape index (κ2) is 7.59. The number of hydrogen-bond acceptors (Lipinski definition) is 5. The lowest BCUT2D eigenvalue weighted by atomic mass is 10.2. The Labute approximate surface area is 150 Å². The van der Waals surface area contributed by atoms with Crippen molar-refractivity contribution in [3.05, 3.63) is 72.3 Å². The lowest BCUT2D eigenvalue weighted by Crippen LogP contribution is -2.23. The Hall–Kier alpha value is -2.84. The van der Waals surface area contributed by atoms with Crippen LogP contribution in [0.25, 0.3) is 11.4 Å². The van der Waals surface area contributed by atoms with E-state index in [2.05, 4.69) is 14.7 Å². The molecule has 0 radical (unpaired) electrons. The summed E-state index contributed by atoms with van der Waals surface area (Å²) >= 11 is 0. The van der Waals surface area contributed by atoms with Crippen LogP contribution in [0, 0.1) is 5.82 Å². The first-order valence-corrected chi connectivity index (χ1v) is 9.18. The molecule has 0 spiro atoms. The normalized spacial score (nSPS) is 11.3.